The van der Waals surface area contributed by atoms with Gasteiger partial charge in [0.2, 0.25) is 17.7 Å². The zero-order valence-corrected chi connectivity index (χ0v) is 22.7. The monoisotopic (exact) mass is 560 g/mol. The van der Waals surface area contributed by atoms with E-state index in [4.69, 9.17) is 5.73 Å². The van der Waals surface area contributed by atoms with E-state index < -0.39 is 52.6 Å². The molecule has 4 atom stereocenters. The van der Waals surface area contributed by atoms with Gasteiger partial charge >= 0.3 is 5.97 Å². The molecule has 2 aromatic rings. The first-order valence-corrected chi connectivity index (χ1v) is 14.3. The van der Waals surface area contributed by atoms with Gasteiger partial charge in [0.1, 0.15) is 23.9 Å². The van der Waals surface area contributed by atoms with Crippen molar-refractivity contribution >= 4 is 45.3 Å². The second kappa shape index (κ2) is 13.0. The lowest BCUT2D eigenvalue weighted by atomic mass is 10.0. The third-order valence-electron chi connectivity index (χ3n) is 6.01. The van der Waals surface area contributed by atoms with Gasteiger partial charge in [0.25, 0.3) is 0 Å². The number of carbonyl (C=O) groups is 4. The molecule has 7 N–H and O–H groups in total. The average molecular weight is 561 g/mol. The van der Waals surface area contributed by atoms with Gasteiger partial charge in [-0.3, -0.25) is 14.4 Å². The van der Waals surface area contributed by atoms with Crippen molar-refractivity contribution in [3.8, 4) is 5.75 Å². The molecule has 0 saturated carbocycles. The van der Waals surface area contributed by atoms with Crippen molar-refractivity contribution in [2.75, 3.05) is 5.75 Å². The molecular weight excluding hydrogens is 528 g/mol. The first kappa shape index (κ1) is 29.3. The number of hydrogen-bond donors (Lipinski definition) is 6. The van der Waals surface area contributed by atoms with E-state index in [2.05, 4.69) is 16.0 Å². The zero-order valence-electron chi connectivity index (χ0n) is 21.0. The molecule has 1 fully saturated rings. The van der Waals surface area contributed by atoms with E-state index in [1.807, 2.05) is 6.07 Å². The maximum atomic E-state index is 13.3. The molecule has 0 aromatic heterocycles. The molecule has 2 aromatic carbocycles. The molecule has 3 rings (SSSR count). The highest BCUT2D eigenvalue weighted by molar-refractivity contribution is 8.77. The van der Waals surface area contributed by atoms with E-state index in [1.165, 1.54) is 33.7 Å². The Hall–Kier alpha value is -3.22. The molecule has 204 valence electrons. The van der Waals surface area contributed by atoms with Gasteiger partial charge in [-0.15, -0.1) is 0 Å². The Morgan fingerprint density at radius 2 is 1.71 bits per heavy atom. The molecule has 1 aliphatic heterocycles. The quantitative estimate of drug-likeness (QED) is 0.272. The fourth-order valence-electron chi connectivity index (χ4n) is 3.85. The van der Waals surface area contributed by atoms with Gasteiger partial charge in [0.15, 0.2) is 0 Å². The lowest BCUT2D eigenvalue weighted by Gasteiger charge is -2.31. The number of aliphatic carboxylic acids is 1. The summed E-state index contributed by atoms with van der Waals surface area (Å²) in [5, 5.41) is 27.3. The maximum absolute atomic E-state index is 13.3. The Morgan fingerprint density at radius 3 is 2.34 bits per heavy atom. The normalized spacial score (nSPS) is 22.8. The molecule has 12 heteroatoms. The largest absolute Gasteiger partial charge is 0.508 e. The summed E-state index contributed by atoms with van der Waals surface area (Å²) in [6, 6.07) is 11.1. The number of phenolic OH excluding ortho intramolecular Hbond substituents is 1. The molecule has 10 nitrogen and oxygen atoms in total. The molecule has 3 amide bonds. The smallest absolute Gasteiger partial charge is 0.327 e. The molecule has 0 spiro atoms. The summed E-state index contributed by atoms with van der Waals surface area (Å²) in [6.07, 6.45) is 0.321. The number of carboxylic acids is 1. The topological polar surface area (TPSA) is 171 Å². The van der Waals surface area contributed by atoms with Crippen LogP contribution in [0.3, 0.4) is 0 Å². The predicted molar refractivity (Wildman–Crippen MR) is 147 cm³/mol. The summed E-state index contributed by atoms with van der Waals surface area (Å²) in [5.74, 6) is -2.74. The zero-order chi connectivity index (χ0) is 27.9. The van der Waals surface area contributed by atoms with Crippen LogP contribution in [0.4, 0.5) is 0 Å². The summed E-state index contributed by atoms with van der Waals surface area (Å²) in [6.45, 7) is 3.40. The summed E-state index contributed by atoms with van der Waals surface area (Å²) in [5.41, 5.74) is 7.61. The Morgan fingerprint density at radius 1 is 1.05 bits per heavy atom. The predicted octanol–water partition coefficient (Wildman–Crippen LogP) is 1.22. The summed E-state index contributed by atoms with van der Waals surface area (Å²) < 4.78 is -0.930. The number of hydrogen-bond acceptors (Lipinski definition) is 8. The fourth-order valence-corrected chi connectivity index (χ4v) is 6.66. The van der Waals surface area contributed by atoms with Crippen LogP contribution in [0.2, 0.25) is 0 Å². The van der Waals surface area contributed by atoms with Crippen molar-refractivity contribution in [3.63, 3.8) is 0 Å². The standard InChI is InChI=1S/C26H32N4O6S2/c1-26(2)21(25(35)36)30-23(33)19(13-15-6-4-3-5-7-15)28-24(34)20(14-37-38-26)29-22(32)18(27)12-16-8-10-17(31)11-9-16/h3-11,18-21,31H,12-14,27H2,1-2H3,(H,28,34)(H,29,32)(H,30,33)(H,35,36)/t18-,19+,20-,21+/m1/s1. The molecule has 0 radical (unpaired) electrons. The van der Waals surface area contributed by atoms with Gasteiger partial charge in [-0.2, -0.15) is 0 Å². The lowest BCUT2D eigenvalue weighted by molar-refractivity contribution is -0.143. The van der Waals surface area contributed by atoms with Crippen LogP contribution in [0.5, 0.6) is 5.75 Å². The molecule has 0 bridgehead atoms. The third-order valence-corrected chi connectivity index (χ3v) is 9.32. The molecule has 1 saturated heterocycles. The summed E-state index contributed by atoms with van der Waals surface area (Å²) >= 11 is 0. The third kappa shape index (κ3) is 8.14. The van der Waals surface area contributed by atoms with Crippen LogP contribution in [0.25, 0.3) is 0 Å². The number of aromatic hydroxyl groups is 1. The highest BCUT2D eigenvalue weighted by Crippen LogP contribution is 2.39. The number of phenols is 1. The van der Waals surface area contributed by atoms with E-state index in [0.29, 0.717) is 0 Å². The Labute approximate surface area is 228 Å². The van der Waals surface area contributed by atoms with Gasteiger partial charge in [-0.05, 0) is 43.5 Å². The van der Waals surface area contributed by atoms with Gasteiger partial charge < -0.3 is 31.9 Å². The molecular formula is C26H32N4O6S2. The van der Waals surface area contributed by atoms with Gasteiger partial charge in [0.05, 0.1) is 10.8 Å². The number of nitrogens with two attached hydrogens (primary N) is 1. The van der Waals surface area contributed by atoms with Crippen LogP contribution in [0.1, 0.15) is 25.0 Å². The second-order valence-electron chi connectivity index (χ2n) is 9.54. The first-order chi connectivity index (χ1) is 18.0. The number of amides is 3. The number of carboxylic acid groups (broad SMARTS) is 1. The van der Waals surface area contributed by atoms with Crippen LogP contribution in [-0.2, 0) is 32.0 Å². The minimum Gasteiger partial charge on any atom is -0.508 e. The SMILES string of the molecule is CC1(C)SSC[C@@H](NC(=O)[C@H](N)Cc2ccc(O)cc2)C(=O)N[C@@H](Cc2ccccc2)C(=O)N[C@H]1C(=O)O. The van der Waals surface area contributed by atoms with Crippen molar-refractivity contribution in [2.24, 2.45) is 5.73 Å². The number of rotatable bonds is 7. The van der Waals surface area contributed by atoms with Crippen LogP contribution in [0.15, 0.2) is 54.6 Å². The molecule has 38 heavy (non-hydrogen) atoms. The van der Waals surface area contributed by atoms with Gasteiger partial charge in [-0.25, -0.2) is 4.79 Å². The minimum atomic E-state index is -1.22. The van der Waals surface area contributed by atoms with E-state index >= 15 is 0 Å². The second-order valence-corrected chi connectivity index (χ2v) is 12.5. The molecule has 1 heterocycles. The van der Waals surface area contributed by atoms with Crippen molar-refractivity contribution in [3.05, 3.63) is 65.7 Å². The van der Waals surface area contributed by atoms with Gasteiger partial charge in [0, 0.05) is 12.2 Å². The first-order valence-electron chi connectivity index (χ1n) is 12.0. The van der Waals surface area contributed by atoms with E-state index in [-0.39, 0.29) is 24.3 Å². The lowest BCUT2D eigenvalue weighted by Crippen LogP contribution is -2.59. The summed E-state index contributed by atoms with van der Waals surface area (Å²) in [7, 11) is 2.43. The number of benzene rings is 2. The minimum absolute atomic E-state index is 0.0950. The Balaban J connectivity index is 1.81. The number of nitrogens with one attached hydrogen (secondary N) is 3. The van der Waals surface area contributed by atoms with Crippen LogP contribution in [0, 0.1) is 0 Å². The fraction of sp³-hybridized carbons (Fsp3) is 0.385. The number of carbonyl (C=O) groups excluding carboxylic acids is 3. The van der Waals surface area contributed by atoms with E-state index in [1.54, 1.807) is 50.2 Å². The van der Waals surface area contributed by atoms with Crippen LogP contribution < -0.4 is 21.7 Å². The van der Waals surface area contributed by atoms with Crippen LogP contribution >= 0.6 is 21.6 Å². The Kier molecular flexibility index (Phi) is 10.1. The Bertz CT molecular complexity index is 1150. The summed E-state index contributed by atoms with van der Waals surface area (Å²) in [4.78, 5) is 51.5. The molecule has 0 aliphatic carbocycles. The highest BCUT2D eigenvalue weighted by Gasteiger charge is 2.40. The van der Waals surface area contributed by atoms with Crippen molar-refractivity contribution in [1.82, 2.24) is 16.0 Å². The van der Waals surface area contributed by atoms with Crippen LogP contribution in [-0.4, -0.2) is 68.6 Å². The van der Waals surface area contributed by atoms with Gasteiger partial charge in [-0.1, -0.05) is 64.1 Å². The van der Waals surface area contributed by atoms with Crippen molar-refractivity contribution in [1.29, 1.82) is 0 Å². The highest BCUT2D eigenvalue weighted by atomic mass is 33.1. The molecule has 0 unspecified atom stereocenters. The van der Waals surface area contributed by atoms with E-state index in [9.17, 15) is 29.4 Å². The molecule has 1 aliphatic rings. The van der Waals surface area contributed by atoms with Crippen molar-refractivity contribution in [2.45, 2.75) is 55.6 Å². The maximum Gasteiger partial charge on any atom is 0.327 e. The van der Waals surface area contributed by atoms with Crippen molar-refractivity contribution < 1.29 is 29.4 Å². The average Bonchev–Trinajstić information content (AvgIpc) is 2.88. The van der Waals surface area contributed by atoms with E-state index in [0.717, 1.165) is 11.1 Å².